The predicted octanol–water partition coefficient (Wildman–Crippen LogP) is 1.16. The predicted molar refractivity (Wildman–Crippen MR) is 75.3 cm³/mol. The highest BCUT2D eigenvalue weighted by Gasteiger charge is 2.38. The smallest absolute Gasteiger partial charge is 0.394 e. The minimum Gasteiger partial charge on any atom is -0.394 e. The van der Waals surface area contributed by atoms with Crippen molar-refractivity contribution in [2.24, 2.45) is 5.41 Å². The van der Waals surface area contributed by atoms with Crippen molar-refractivity contribution in [1.82, 2.24) is 10.2 Å². The Morgan fingerprint density at radius 2 is 2.05 bits per heavy atom. The molecule has 0 aromatic rings. The number of aliphatic hydroxyl groups is 1. The van der Waals surface area contributed by atoms with Gasteiger partial charge in [0.15, 0.2) is 0 Å². The Morgan fingerprint density at radius 1 is 1.41 bits per heavy atom. The molecule has 0 bridgehead atoms. The van der Waals surface area contributed by atoms with Crippen molar-refractivity contribution in [3.8, 4) is 0 Å². The molecule has 8 heteroatoms. The molecule has 0 aromatic heterocycles. The molecular formula is C14H25F3N2O3. The van der Waals surface area contributed by atoms with Crippen LogP contribution in [0.1, 0.15) is 27.2 Å². The molecular weight excluding hydrogens is 301 g/mol. The maximum atomic E-state index is 12.6. The third-order valence-corrected chi connectivity index (χ3v) is 3.35. The monoisotopic (exact) mass is 326 g/mol. The van der Waals surface area contributed by atoms with Crippen LogP contribution in [-0.2, 0) is 9.53 Å². The number of rotatable bonds is 5. The number of ether oxygens (including phenoxy) is 1. The summed E-state index contributed by atoms with van der Waals surface area (Å²) in [6, 6.07) is -1.47. The van der Waals surface area contributed by atoms with Gasteiger partial charge in [-0.25, -0.2) is 0 Å². The van der Waals surface area contributed by atoms with Crippen molar-refractivity contribution < 1.29 is 27.8 Å². The third kappa shape index (κ3) is 6.93. The van der Waals surface area contributed by atoms with Crippen LogP contribution in [0.15, 0.2) is 0 Å². The first-order valence-corrected chi connectivity index (χ1v) is 7.31. The van der Waals surface area contributed by atoms with E-state index in [2.05, 4.69) is 5.32 Å². The van der Waals surface area contributed by atoms with Crippen LogP contribution in [-0.4, -0.2) is 67.1 Å². The lowest BCUT2D eigenvalue weighted by Gasteiger charge is -2.36. The van der Waals surface area contributed by atoms with Crippen LogP contribution in [0, 0.1) is 5.41 Å². The summed E-state index contributed by atoms with van der Waals surface area (Å²) in [5.74, 6) is -0.535. The largest absolute Gasteiger partial charge is 0.401 e. The van der Waals surface area contributed by atoms with Crippen molar-refractivity contribution in [2.75, 3.05) is 32.9 Å². The normalized spacial score (nSPS) is 22.4. The van der Waals surface area contributed by atoms with E-state index < -0.39 is 30.7 Å². The van der Waals surface area contributed by atoms with E-state index >= 15 is 0 Å². The molecule has 5 nitrogen and oxygen atoms in total. The van der Waals surface area contributed by atoms with Crippen LogP contribution in [0.4, 0.5) is 13.2 Å². The Morgan fingerprint density at radius 3 is 2.55 bits per heavy atom. The summed E-state index contributed by atoms with van der Waals surface area (Å²) in [5, 5.41) is 12.0. The number of alkyl halides is 3. The second kappa shape index (κ2) is 7.61. The summed E-state index contributed by atoms with van der Waals surface area (Å²) in [6.07, 6.45) is -3.83. The lowest BCUT2D eigenvalue weighted by atomic mass is 9.88. The van der Waals surface area contributed by atoms with Gasteiger partial charge in [0.1, 0.15) is 6.04 Å². The fourth-order valence-corrected chi connectivity index (χ4v) is 2.50. The van der Waals surface area contributed by atoms with E-state index in [1.807, 2.05) is 20.8 Å². The van der Waals surface area contributed by atoms with E-state index in [1.54, 1.807) is 0 Å². The van der Waals surface area contributed by atoms with Gasteiger partial charge < -0.3 is 15.2 Å². The molecule has 0 aromatic carbocycles. The number of hydrogen-bond acceptors (Lipinski definition) is 4. The van der Waals surface area contributed by atoms with E-state index in [4.69, 9.17) is 4.74 Å². The number of carbonyl (C=O) groups excluding carboxylic acids is 1. The first-order valence-electron chi connectivity index (χ1n) is 7.31. The number of carbonyl (C=O) groups is 1. The Kier molecular flexibility index (Phi) is 6.64. The van der Waals surface area contributed by atoms with Gasteiger partial charge in [0.25, 0.3) is 0 Å². The zero-order valence-corrected chi connectivity index (χ0v) is 13.2. The van der Waals surface area contributed by atoms with Gasteiger partial charge in [0.2, 0.25) is 5.91 Å². The van der Waals surface area contributed by atoms with Crippen LogP contribution < -0.4 is 5.32 Å². The van der Waals surface area contributed by atoms with Gasteiger partial charge in [-0.15, -0.1) is 0 Å². The van der Waals surface area contributed by atoms with E-state index in [9.17, 15) is 23.1 Å². The Labute approximate surface area is 128 Å². The summed E-state index contributed by atoms with van der Waals surface area (Å²) in [7, 11) is 0. The highest BCUT2D eigenvalue weighted by Crippen LogP contribution is 2.22. The second-order valence-electron chi connectivity index (χ2n) is 6.83. The van der Waals surface area contributed by atoms with Crippen LogP contribution >= 0.6 is 0 Å². The lowest BCUT2D eigenvalue weighted by molar-refractivity contribution is -0.167. The molecule has 1 fully saturated rings. The minimum absolute atomic E-state index is 0.0562. The summed E-state index contributed by atoms with van der Waals surface area (Å²) >= 11 is 0. The topological polar surface area (TPSA) is 61.8 Å². The molecule has 0 radical (unpaired) electrons. The Hall–Kier alpha value is -0.860. The summed E-state index contributed by atoms with van der Waals surface area (Å²) < 4.78 is 42.9. The number of morpholine rings is 1. The molecule has 2 atom stereocenters. The van der Waals surface area contributed by atoms with Crippen molar-refractivity contribution in [1.29, 1.82) is 0 Å². The van der Waals surface area contributed by atoms with Gasteiger partial charge in [0, 0.05) is 6.54 Å². The maximum absolute atomic E-state index is 12.6. The summed E-state index contributed by atoms with van der Waals surface area (Å²) in [5.41, 5.74) is -0.116. The molecule has 0 spiro atoms. The van der Waals surface area contributed by atoms with Crippen molar-refractivity contribution >= 4 is 5.91 Å². The van der Waals surface area contributed by atoms with E-state index in [1.165, 1.54) is 0 Å². The molecule has 1 heterocycles. The average molecular weight is 326 g/mol. The molecule has 130 valence electrons. The SMILES string of the molecule is CC(C)(C)C[C@@H](CO)NC(=O)[C@H]1COCCN1CC(F)(F)F. The van der Waals surface area contributed by atoms with E-state index in [-0.39, 0.29) is 31.8 Å². The molecule has 2 N–H and O–H groups in total. The maximum Gasteiger partial charge on any atom is 0.401 e. The fraction of sp³-hybridized carbons (Fsp3) is 0.929. The zero-order chi connectivity index (χ0) is 17.0. The summed E-state index contributed by atoms with van der Waals surface area (Å²) in [4.78, 5) is 13.3. The highest BCUT2D eigenvalue weighted by atomic mass is 19.4. The van der Waals surface area contributed by atoms with Gasteiger partial charge in [-0.1, -0.05) is 20.8 Å². The van der Waals surface area contributed by atoms with Gasteiger partial charge in [-0.2, -0.15) is 13.2 Å². The van der Waals surface area contributed by atoms with Gasteiger partial charge in [-0.05, 0) is 11.8 Å². The van der Waals surface area contributed by atoms with Crippen molar-refractivity contribution in [3.05, 3.63) is 0 Å². The second-order valence-corrected chi connectivity index (χ2v) is 6.83. The van der Waals surface area contributed by atoms with Gasteiger partial charge >= 0.3 is 6.18 Å². The molecule has 0 aliphatic carbocycles. The van der Waals surface area contributed by atoms with Gasteiger partial charge in [-0.3, -0.25) is 9.69 Å². The molecule has 0 unspecified atom stereocenters. The van der Waals surface area contributed by atoms with Crippen LogP contribution in [0.25, 0.3) is 0 Å². The molecule has 22 heavy (non-hydrogen) atoms. The highest BCUT2D eigenvalue weighted by molar-refractivity contribution is 5.82. The third-order valence-electron chi connectivity index (χ3n) is 3.35. The van der Waals surface area contributed by atoms with E-state index in [0.29, 0.717) is 6.42 Å². The molecule has 1 amide bonds. The fourth-order valence-electron chi connectivity index (χ4n) is 2.50. The molecule has 1 saturated heterocycles. The van der Waals surface area contributed by atoms with Crippen molar-refractivity contribution in [3.63, 3.8) is 0 Å². The number of halogens is 3. The summed E-state index contributed by atoms with van der Waals surface area (Å²) in [6.45, 7) is 4.64. The Balaban J connectivity index is 2.67. The van der Waals surface area contributed by atoms with Gasteiger partial charge in [0.05, 0.1) is 32.4 Å². The van der Waals surface area contributed by atoms with Crippen molar-refractivity contribution in [2.45, 2.75) is 45.5 Å². The number of aliphatic hydroxyl groups excluding tert-OH is 1. The first-order chi connectivity index (χ1) is 10.0. The van der Waals surface area contributed by atoms with Crippen LogP contribution in [0.3, 0.4) is 0 Å². The van der Waals surface area contributed by atoms with Crippen LogP contribution in [0.2, 0.25) is 0 Å². The molecule has 1 aliphatic heterocycles. The molecule has 1 aliphatic rings. The number of nitrogens with zero attached hydrogens (tertiary/aromatic N) is 1. The molecule has 0 saturated carbocycles. The quantitative estimate of drug-likeness (QED) is 0.796. The van der Waals surface area contributed by atoms with Crippen LogP contribution in [0.5, 0.6) is 0 Å². The first kappa shape index (κ1) is 19.2. The van der Waals surface area contributed by atoms with E-state index in [0.717, 1.165) is 4.90 Å². The average Bonchev–Trinajstić information content (AvgIpc) is 2.34. The number of amides is 1. The standard InChI is InChI=1S/C14H25F3N2O3/c1-13(2,3)6-10(7-20)18-12(21)11-8-22-5-4-19(11)9-14(15,16)17/h10-11,20H,4-9H2,1-3H3,(H,18,21)/t10-,11+/m0/s1. The molecule has 1 rings (SSSR count). The zero-order valence-electron chi connectivity index (χ0n) is 13.2. The number of hydrogen-bond donors (Lipinski definition) is 2. The Bertz CT molecular complexity index is 369. The lowest BCUT2D eigenvalue weighted by Crippen LogP contribution is -2.58. The minimum atomic E-state index is -4.36. The number of nitrogens with one attached hydrogen (secondary N) is 1.